The minimum absolute atomic E-state index is 0.0878. The topological polar surface area (TPSA) is 21.3 Å². The number of hydrogen-bond acceptors (Lipinski definition) is 2. The molecule has 1 aliphatic rings. The van der Waals surface area contributed by atoms with Crippen LogP contribution in [0.1, 0.15) is 30.0 Å². The van der Waals surface area contributed by atoms with Crippen LogP contribution in [0, 0.1) is 0 Å². The molecule has 0 fully saturated rings. The zero-order chi connectivity index (χ0) is 14.8. The summed E-state index contributed by atoms with van der Waals surface area (Å²) in [5.41, 5.74) is 2.25. The van der Waals surface area contributed by atoms with E-state index in [1.807, 2.05) is 36.4 Å². The predicted molar refractivity (Wildman–Crippen MR) is 87.6 cm³/mol. The maximum Gasteiger partial charge on any atom is 0.122 e. The molecule has 1 aliphatic heterocycles. The summed E-state index contributed by atoms with van der Waals surface area (Å²) >= 11 is 12.6. The Morgan fingerprint density at radius 2 is 2.00 bits per heavy atom. The van der Waals surface area contributed by atoms with Gasteiger partial charge in [0.05, 0.1) is 16.7 Å². The number of rotatable bonds is 4. The van der Waals surface area contributed by atoms with Crippen molar-refractivity contribution in [2.75, 3.05) is 13.2 Å². The van der Waals surface area contributed by atoms with E-state index in [0.717, 1.165) is 17.9 Å². The van der Waals surface area contributed by atoms with E-state index in [2.05, 4.69) is 18.3 Å². The minimum Gasteiger partial charge on any atom is -0.493 e. The molecule has 1 N–H and O–H groups in total. The molecule has 1 heterocycles. The lowest BCUT2D eigenvalue weighted by Crippen LogP contribution is -2.28. The molecule has 0 aliphatic carbocycles. The van der Waals surface area contributed by atoms with Gasteiger partial charge in [0.15, 0.2) is 0 Å². The van der Waals surface area contributed by atoms with E-state index in [1.54, 1.807) is 0 Å². The Morgan fingerprint density at radius 1 is 1.19 bits per heavy atom. The molecule has 3 rings (SSSR count). The summed E-state index contributed by atoms with van der Waals surface area (Å²) in [7, 11) is 0. The van der Waals surface area contributed by atoms with Crippen molar-refractivity contribution in [2.24, 2.45) is 0 Å². The molecule has 0 saturated carbocycles. The van der Waals surface area contributed by atoms with Gasteiger partial charge in [-0.25, -0.2) is 0 Å². The third-order valence-corrected chi connectivity index (χ3v) is 4.71. The average Bonchev–Trinajstić information content (AvgIpc) is 2.92. The first-order chi connectivity index (χ1) is 10.2. The van der Waals surface area contributed by atoms with Gasteiger partial charge in [-0.3, -0.25) is 0 Å². The van der Waals surface area contributed by atoms with Crippen molar-refractivity contribution in [1.29, 1.82) is 0 Å². The van der Waals surface area contributed by atoms with Gasteiger partial charge in [-0.15, -0.1) is 0 Å². The van der Waals surface area contributed by atoms with Crippen LogP contribution in [0.15, 0.2) is 42.5 Å². The number of para-hydroxylation sites is 1. The molecule has 2 nitrogen and oxygen atoms in total. The van der Waals surface area contributed by atoms with E-state index in [1.165, 1.54) is 5.56 Å². The summed E-state index contributed by atoms with van der Waals surface area (Å²) in [6.07, 6.45) is 0. The Balaban J connectivity index is 2.02. The average molecular weight is 322 g/mol. The highest BCUT2D eigenvalue weighted by Crippen LogP contribution is 2.43. The second-order valence-electron chi connectivity index (χ2n) is 5.13. The lowest BCUT2D eigenvalue weighted by Gasteiger charge is -2.25. The van der Waals surface area contributed by atoms with E-state index in [4.69, 9.17) is 27.9 Å². The lowest BCUT2D eigenvalue weighted by molar-refractivity contribution is 0.301. The molecule has 2 aromatic rings. The minimum atomic E-state index is 0.0878. The van der Waals surface area contributed by atoms with Gasteiger partial charge < -0.3 is 10.1 Å². The number of halogens is 2. The van der Waals surface area contributed by atoms with Crippen LogP contribution < -0.4 is 10.1 Å². The molecule has 21 heavy (non-hydrogen) atoms. The van der Waals surface area contributed by atoms with Crippen molar-refractivity contribution in [3.05, 3.63) is 63.6 Å². The number of likely N-dealkylation sites (N-methyl/N-ethyl adjacent to an activating group) is 1. The normalized spacial score (nSPS) is 18.1. The van der Waals surface area contributed by atoms with Gasteiger partial charge in [0.2, 0.25) is 0 Å². The number of ether oxygens (including phenoxy) is 1. The second kappa shape index (κ2) is 6.27. The maximum absolute atomic E-state index is 6.42. The number of fused-ring (bicyclic) bond motifs is 1. The summed E-state index contributed by atoms with van der Waals surface area (Å²) in [5, 5.41) is 4.73. The fourth-order valence-corrected chi connectivity index (χ4v) is 3.34. The highest BCUT2D eigenvalue weighted by molar-refractivity contribution is 6.42. The van der Waals surface area contributed by atoms with Crippen LogP contribution in [-0.2, 0) is 0 Å². The van der Waals surface area contributed by atoms with Crippen molar-refractivity contribution in [3.8, 4) is 5.75 Å². The zero-order valence-corrected chi connectivity index (χ0v) is 13.3. The van der Waals surface area contributed by atoms with Gasteiger partial charge in [0.25, 0.3) is 0 Å². The first-order valence-electron chi connectivity index (χ1n) is 7.11. The first kappa shape index (κ1) is 14.7. The third-order valence-electron chi connectivity index (χ3n) is 3.88. The summed E-state index contributed by atoms with van der Waals surface area (Å²) in [5.74, 6) is 1.20. The van der Waals surface area contributed by atoms with E-state index in [0.29, 0.717) is 16.7 Å². The van der Waals surface area contributed by atoms with E-state index >= 15 is 0 Å². The van der Waals surface area contributed by atoms with Crippen molar-refractivity contribution in [2.45, 2.75) is 18.9 Å². The van der Waals surface area contributed by atoms with Crippen LogP contribution in [0.3, 0.4) is 0 Å². The van der Waals surface area contributed by atoms with Gasteiger partial charge in [-0.05, 0) is 24.2 Å². The number of hydrogen-bond donors (Lipinski definition) is 1. The SMILES string of the molecule is CCNC(c1cccc(Cl)c1Cl)C1COc2ccccc21. The van der Waals surface area contributed by atoms with Gasteiger partial charge in [-0.2, -0.15) is 0 Å². The van der Waals surface area contributed by atoms with Crippen LogP contribution in [0.5, 0.6) is 5.75 Å². The van der Waals surface area contributed by atoms with Crippen LogP contribution >= 0.6 is 23.2 Å². The first-order valence-corrected chi connectivity index (χ1v) is 7.87. The monoisotopic (exact) mass is 321 g/mol. The highest BCUT2D eigenvalue weighted by atomic mass is 35.5. The van der Waals surface area contributed by atoms with Crippen LogP contribution in [0.4, 0.5) is 0 Å². The highest BCUT2D eigenvalue weighted by Gasteiger charge is 2.33. The molecule has 0 amide bonds. The summed E-state index contributed by atoms with van der Waals surface area (Å²) in [6, 6.07) is 14.0. The van der Waals surface area contributed by atoms with Gasteiger partial charge in [0, 0.05) is 17.5 Å². The lowest BCUT2D eigenvalue weighted by atomic mass is 9.88. The fraction of sp³-hybridized carbons (Fsp3) is 0.294. The molecular weight excluding hydrogens is 305 g/mol. The third kappa shape index (κ3) is 2.76. The summed E-state index contributed by atoms with van der Waals surface area (Å²) < 4.78 is 5.81. The molecule has 0 bridgehead atoms. The van der Waals surface area contributed by atoms with Crippen molar-refractivity contribution >= 4 is 23.2 Å². The molecule has 0 radical (unpaired) electrons. The Bertz CT molecular complexity index is 644. The number of benzene rings is 2. The predicted octanol–water partition coefficient (Wildman–Crippen LogP) is 4.82. The largest absolute Gasteiger partial charge is 0.493 e. The van der Waals surface area contributed by atoms with Crippen molar-refractivity contribution in [3.63, 3.8) is 0 Å². The van der Waals surface area contributed by atoms with E-state index in [9.17, 15) is 0 Å². The Morgan fingerprint density at radius 3 is 2.81 bits per heavy atom. The maximum atomic E-state index is 6.42. The molecule has 0 spiro atoms. The van der Waals surface area contributed by atoms with E-state index < -0.39 is 0 Å². The quantitative estimate of drug-likeness (QED) is 0.871. The molecule has 0 aromatic heterocycles. The smallest absolute Gasteiger partial charge is 0.122 e. The molecule has 4 heteroatoms. The van der Waals surface area contributed by atoms with Crippen molar-refractivity contribution < 1.29 is 4.74 Å². The Kier molecular flexibility index (Phi) is 4.39. The van der Waals surface area contributed by atoms with Crippen molar-refractivity contribution in [1.82, 2.24) is 5.32 Å². The second-order valence-corrected chi connectivity index (χ2v) is 5.92. The van der Waals surface area contributed by atoms with Gasteiger partial charge >= 0.3 is 0 Å². The van der Waals surface area contributed by atoms with Crippen LogP contribution in [0.2, 0.25) is 10.0 Å². The van der Waals surface area contributed by atoms with Gasteiger partial charge in [-0.1, -0.05) is 60.5 Å². The Hall–Kier alpha value is -1.22. The molecule has 0 saturated heterocycles. The van der Waals surface area contributed by atoms with E-state index in [-0.39, 0.29) is 12.0 Å². The molecular formula is C17H17Cl2NO. The van der Waals surface area contributed by atoms with Gasteiger partial charge in [0.1, 0.15) is 5.75 Å². The molecule has 2 aromatic carbocycles. The zero-order valence-electron chi connectivity index (χ0n) is 11.8. The fourth-order valence-electron chi connectivity index (χ4n) is 2.91. The molecule has 2 atom stereocenters. The Labute approximate surface area is 135 Å². The molecule has 2 unspecified atom stereocenters. The molecule has 110 valence electrons. The number of nitrogens with one attached hydrogen (secondary N) is 1. The van der Waals surface area contributed by atoms with Crippen LogP contribution in [-0.4, -0.2) is 13.2 Å². The summed E-state index contributed by atoms with van der Waals surface area (Å²) in [6.45, 7) is 3.60. The summed E-state index contributed by atoms with van der Waals surface area (Å²) in [4.78, 5) is 0. The standard InChI is InChI=1S/C17H17Cl2NO/c1-2-20-17(12-7-5-8-14(18)16(12)19)13-10-21-15-9-4-3-6-11(13)15/h3-9,13,17,20H,2,10H2,1H3. The van der Waals surface area contributed by atoms with Crippen LogP contribution in [0.25, 0.3) is 0 Å².